The van der Waals surface area contributed by atoms with E-state index in [2.05, 4.69) is 9.88 Å². The highest BCUT2D eigenvalue weighted by molar-refractivity contribution is 5.96. The van der Waals surface area contributed by atoms with Crippen LogP contribution in [0.5, 0.6) is 5.88 Å². The van der Waals surface area contributed by atoms with Crippen molar-refractivity contribution in [3.63, 3.8) is 0 Å². The van der Waals surface area contributed by atoms with Gasteiger partial charge in [-0.15, -0.1) is 0 Å². The summed E-state index contributed by atoms with van der Waals surface area (Å²) in [5, 5.41) is 0. The molecule has 2 fully saturated rings. The highest BCUT2D eigenvalue weighted by Crippen LogP contribution is 2.25. The fraction of sp³-hybridized carbons (Fsp3) is 0.700. The molecule has 28 heavy (non-hydrogen) atoms. The third-order valence-electron chi connectivity index (χ3n) is 5.49. The van der Waals surface area contributed by atoms with Gasteiger partial charge in [-0.3, -0.25) is 4.79 Å². The van der Waals surface area contributed by atoms with E-state index < -0.39 is 12.8 Å². The van der Waals surface area contributed by atoms with Crippen molar-refractivity contribution in [2.24, 2.45) is 5.92 Å². The summed E-state index contributed by atoms with van der Waals surface area (Å²) in [7, 11) is 0. The van der Waals surface area contributed by atoms with E-state index >= 15 is 0 Å². The van der Waals surface area contributed by atoms with E-state index in [9.17, 15) is 18.0 Å². The van der Waals surface area contributed by atoms with Gasteiger partial charge in [0.25, 0.3) is 5.91 Å². The molecule has 3 heterocycles. The van der Waals surface area contributed by atoms with Gasteiger partial charge in [0.15, 0.2) is 6.61 Å². The van der Waals surface area contributed by atoms with E-state index in [1.165, 1.54) is 37.9 Å². The topological polar surface area (TPSA) is 45.7 Å². The number of ether oxygens (including phenoxy) is 1. The van der Waals surface area contributed by atoms with E-state index in [1.54, 1.807) is 11.0 Å². The molecule has 0 aliphatic carbocycles. The molecule has 2 aliphatic rings. The Morgan fingerprint density at radius 2 is 1.79 bits per heavy atom. The first-order chi connectivity index (χ1) is 13.4. The Bertz CT molecular complexity index is 638. The molecule has 0 atom stereocenters. The van der Waals surface area contributed by atoms with Crippen LogP contribution in [0.1, 0.15) is 48.9 Å². The lowest BCUT2D eigenvalue weighted by Gasteiger charge is -2.34. The fourth-order valence-electron chi connectivity index (χ4n) is 3.99. The summed E-state index contributed by atoms with van der Waals surface area (Å²) in [6, 6.07) is 3.02. The van der Waals surface area contributed by atoms with E-state index in [4.69, 9.17) is 4.74 Å². The Labute approximate surface area is 163 Å². The molecule has 0 saturated carbocycles. The molecule has 2 aliphatic heterocycles. The zero-order chi connectivity index (χ0) is 20.0. The standard InChI is InChI=1S/C20H28F3N3O2/c21-20(22,23)15-28-18-17(6-5-9-24-18)19(27)26-12-7-16(8-13-26)14-25-10-3-1-2-4-11-25/h5-6,9,16H,1-4,7-8,10-15H2. The van der Waals surface area contributed by atoms with Crippen molar-refractivity contribution in [1.29, 1.82) is 0 Å². The normalized spacial score (nSPS) is 20.0. The average Bonchev–Trinajstić information content (AvgIpc) is 2.95. The van der Waals surface area contributed by atoms with E-state index in [1.807, 2.05) is 0 Å². The van der Waals surface area contributed by atoms with Crippen molar-refractivity contribution in [3.05, 3.63) is 23.9 Å². The first-order valence-corrected chi connectivity index (χ1v) is 10.1. The number of carbonyl (C=O) groups is 1. The number of carbonyl (C=O) groups excluding carboxylic acids is 1. The van der Waals surface area contributed by atoms with E-state index in [0.717, 1.165) is 32.5 Å². The minimum atomic E-state index is -4.47. The van der Waals surface area contributed by atoms with Gasteiger partial charge in [0, 0.05) is 25.8 Å². The first-order valence-electron chi connectivity index (χ1n) is 10.1. The summed E-state index contributed by atoms with van der Waals surface area (Å²) in [5.41, 5.74) is 0.0951. The second-order valence-electron chi connectivity index (χ2n) is 7.71. The molecule has 0 aromatic carbocycles. The zero-order valence-corrected chi connectivity index (χ0v) is 16.1. The van der Waals surface area contributed by atoms with E-state index in [0.29, 0.717) is 19.0 Å². The number of hydrogen-bond acceptors (Lipinski definition) is 4. The number of alkyl halides is 3. The number of piperidine rings is 1. The molecule has 1 aromatic rings. The van der Waals surface area contributed by atoms with Crippen LogP contribution in [0.25, 0.3) is 0 Å². The molecule has 0 radical (unpaired) electrons. The average molecular weight is 399 g/mol. The smallest absolute Gasteiger partial charge is 0.422 e. The Hall–Kier alpha value is -1.83. The van der Waals surface area contributed by atoms with Crippen LogP contribution in [-0.4, -0.2) is 66.2 Å². The lowest BCUT2D eigenvalue weighted by Crippen LogP contribution is -2.42. The van der Waals surface area contributed by atoms with Crippen LogP contribution in [0.3, 0.4) is 0 Å². The molecule has 0 spiro atoms. The maximum absolute atomic E-state index is 12.8. The molecule has 3 rings (SSSR count). The minimum Gasteiger partial charge on any atom is -0.467 e. The van der Waals surface area contributed by atoms with Gasteiger partial charge >= 0.3 is 6.18 Å². The fourth-order valence-corrected chi connectivity index (χ4v) is 3.99. The molecule has 0 unspecified atom stereocenters. The molecular weight excluding hydrogens is 371 g/mol. The van der Waals surface area contributed by atoms with Gasteiger partial charge in [-0.1, -0.05) is 12.8 Å². The number of likely N-dealkylation sites (tertiary alicyclic amines) is 2. The Morgan fingerprint density at radius 1 is 1.11 bits per heavy atom. The summed E-state index contributed by atoms with van der Waals surface area (Å²) < 4.78 is 42.1. The van der Waals surface area contributed by atoms with Crippen LogP contribution in [0.15, 0.2) is 18.3 Å². The monoisotopic (exact) mass is 399 g/mol. The number of pyridine rings is 1. The minimum absolute atomic E-state index is 0.0951. The predicted octanol–water partition coefficient (Wildman–Crippen LogP) is 3.75. The van der Waals surface area contributed by atoms with Crippen molar-refractivity contribution in [2.75, 3.05) is 39.3 Å². The molecule has 5 nitrogen and oxygen atoms in total. The van der Waals surface area contributed by atoms with Crippen molar-refractivity contribution in [1.82, 2.24) is 14.8 Å². The van der Waals surface area contributed by atoms with Gasteiger partial charge < -0.3 is 14.5 Å². The third kappa shape index (κ3) is 6.09. The van der Waals surface area contributed by atoms with Crippen LogP contribution in [0.2, 0.25) is 0 Å². The Kier molecular flexibility index (Phi) is 7.15. The molecule has 1 aromatic heterocycles. The highest BCUT2D eigenvalue weighted by Gasteiger charge is 2.31. The van der Waals surface area contributed by atoms with Gasteiger partial charge in [0.2, 0.25) is 5.88 Å². The lowest BCUT2D eigenvalue weighted by atomic mass is 9.95. The molecule has 0 bridgehead atoms. The van der Waals surface area contributed by atoms with Gasteiger partial charge in [0.05, 0.1) is 0 Å². The Morgan fingerprint density at radius 3 is 2.43 bits per heavy atom. The molecule has 2 saturated heterocycles. The SMILES string of the molecule is O=C(c1cccnc1OCC(F)(F)F)N1CCC(CN2CCCCCC2)CC1. The van der Waals surface area contributed by atoms with Crippen LogP contribution in [0.4, 0.5) is 13.2 Å². The largest absolute Gasteiger partial charge is 0.467 e. The van der Waals surface area contributed by atoms with Crippen molar-refractivity contribution in [3.8, 4) is 5.88 Å². The number of aromatic nitrogens is 1. The summed E-state index contributed by atoms with van der Waals surface area (Å²) in [6.07, 6.45) is 3.85. The molecule has 8 heteroatoms. The summed E-state index contributed by atoms with van der Waals surface area (Å²) in [5.74, 6) is 0.00649. The molecule has 1 amide bonds. The van der Waals surface area contributed by atoms with Gasteiger partial charge in [-0.25, -0.2) is 4.98 Å². The van der Waals surface area contributed by atoms with Crippen LogP contribution in [-0.2, 0) is 0 Å². The predicted molar refractivity (Wildman–Crippen MR) is 99.3 cm³/mol. The van der Waals surface area contributed by atoms with Crippen molar-refractivity contribution < 1.29 is 22.7 Å². The van der Waals surface area contributed by atoms with Crippen molar-refractivity contribution >= 4 is 5.91 Å². The van der Waals surface area contributed by atoms with Gasteiger partial charge in [-0.2, -0.15) is 13.2 Å². The van der Waals surface area contributed by atoms with Gasteiger partial charge in [0.1, 0.15) is 5.56 Å². The van der Waals surface area contributed by atoms with E-state index in [-0.39, 0.29) is 17.4 Å². The zero-order valence-electron chi connectivity index (χ0n) is 16.1. The number of rotatable bonds is 5. The maximum Gasteiger partial charge on any atom is 0.422 e. The Balaban J connectivity index is 1.53. The molecular formula is C20H28F3N3O2. The summed E-state index contributed by atoms with van der Waals surface area (Å²) in [6.45, 7) is 3.18. The highest BCUT2D eigenvalue weighted by atomic mass is 19.4. The number of nitrogens with zero attached hydrogens (tertiary/aromatic N) is 3. The third-order valence-corrected chi connectivity index (χ3v) is 5.49. The molecule has 156 valence electrons. The van der Waals surface area contributed by atoms with Crippen LogP contribution in [0, 0.1) is 5.92 Å². The second-order valence-corrected chi connectivity index (χ2v) is 7.71. The quantitative estimate of drug-likeness (QED) is 0.757. The first kappa shape index (κ1) is 20.9. The van der Waals surface area contributed by atoms with Crippen molar-refractivity contribution in [2.45, 2.75) is 44.7 Å². The molecule has 0 N–H and O–H groups in total. The number of hydrogen-bond donors (Lipinski definition) is 0. The lowest BCUT2D eigenvalue weighted by molar-refractivity contribution is -0.154. The maximum atomic E-state index is 12.8. The summed E-state index contributed by atoms with van der Waals surface area (Å²) in [4.78, 5) is 20.9. The van der Waals surface area contributed by atoms with Crippen LogP contribution >= 0.6 is 0 Å². The summed E-state index contributed by atoms with van der Waals surface area (Å²) >= 11 is 0. The second kappa shape index (κ2) is 9.58. The number of amides is 1. The van der Waals surface area contributed by atoms with Gasteiger partial charge in [-0.05, 0) is 56.8 Å². The number of halogens is 3. The van der Waals surface area contributed by atoms with Crippen LogP contribution < -0.4 is 4.74 Å².